The third-order valence-corrected chi connectivity index (χ3v) is 2.38. The van der Waals surface area contributed by atoms with E-state index >= 15 is 0 Å². The van der Waals surface area contributed by atoms with Crippen molar-refractivity contribution < 1.29 is 0 Å². The standard InChI is InChI=1S/C11H15N3/c1-4-14-11-9(6-5-7-12-11)10(13-14)8(2)3/h5-8H,4H2,1-3H3. The van der Waals surface area contributed by atoms with Crippen molar-refractivity contribution in [2.75, 3.05) is 0 Å². The van der Waals surface area contributed by atoms with Gasteiger partial charge in [-0.15, -0.1) is 0 Å². The lowest BCUT2D eigenvalue weighted by molar-refractivity contribution is 0.649. The summed E-state index contributed by atoms with van der Waals surface area (Å²) in [5.41, 5.74) is 2.15. The van der Waals surface area contributed by atoms with Crippen LogP contribution in [-0.4, -0.2) is 14.8 Å². The van der Waals surface area contributed by atoms with E-state index in [1.54, 1.807) is 0 Å². The van der Waals surface area contributed by atoms with Crippen molar-refractivity contribution in [3.05, 3.63) is 24.0 Å². The van der Waals surface area contributed by atoms with Crippen LogP contribution < -0.4 is 0 Å². The number of fused-ring (bicyclic) bond motifs is 1. The average molecular weight is 189 g/mol. The molecule has 2 aromatic heterocycles. The van der Waals surface area contributed by atoms with Crippen LogP contribution in [0.1, 0.15) is 32.4 Å². The Hall–Kier alpha value is -1.38. The fraction of sp³-hybridized carbons (Fsp3) is 0.455. The normalized spacial score (nSPS) is 11.4. The van der Waals surface area contributed by atoms with Crippen molar-refractivity contribution in [2.45, 2.75) is 33.2 Å². The largest absolute Gasteiger partial charge is 0.247 e. The second kappa shape index (κ2) is 3.40. The monoisotopic (exact) mass is 189 g/mol. The van der Waals surface area contributed by atoms with Gasteiger partial charge in [-0.3, -0.25) is 0 Å². The predicted octanol–water partition coefficient (Wildman–Crippen LogP) is 2.57. The van der Waals surface area contributed by atoms with Crippen LogP contribution in [-0.2, 0) is 6.54 Å². The van der Waals surface area contributed by atoms with Gasteiger partial charge in [0.25, 0.3) is 0 Å². The zero-order valence-electron chi connectivity index (χ0n) is 8.86. The number of aromatic nitrogens is 3. The molecule has 0 aliphatic rings. The van der Waals surface area contributed by atoms with Crippen LogP contribution in [0.2, 0.25) is 0 Å². The molecule has 2 heterocycles. The van der Waals surface area contributed by atoms with Crippen LogP contribution >= 0.6 is 0 Å². The number of hydrogen-bond donors (Lipinski definition) is 0. The van der Waals surface area contributed by atoms with Crippen molar-refractivity contribution in [2.24, 2.45) is 0 Å². The lowest BCUT2D eigenvalue weighted by atomic mass is 10.1. The lowest BCUT2D eigenvalue weighted by Crippen LogP contribution is -1.98. The van der Waals surface area contributed by atoms with Crippen molar-refractivity contribution >= 4 is 11.0 Å². The van der Waals surface area contributed by atoms with E-state index in [0.29, 0.717) is 5.92 Å². The molecule has 0 bridgehead atoms. The first-order valence-corrected chi connectivity index (χ1v) is 5.05. The van der Waals surface area contributed by atoms with Gasteiger partial charge in [0.2, 0.25) is 0 Å². The SMILES string of the molecule is CCn1nc(C(C)C)c2cccnc21. The minimum atomic E-state index is 0.453. The van der Waals surface area contributed by atoms with Crippen LogP contribution in [0, 0.1) is 0 Å². The third kappa shape index (κ3) is 1.29. The molecule has 0 fully saturated rings. The van der Waals surface area contributed by atoms with Crippen molar-refractivity contribution in [3.63, 3.8) is 0 Å². The Kier molecular flexibility index (Phi) is 2.23. The lowest BCUT2D eigenvalue weighted by Gasteiger charge is -1.98. The summed E-state index contributed by atoms with van der Waals surface area (Å²) < 4.78 is 1.96. The highest BCUT2D eigenvalue weighted by Gasteiger charge is 2.12. The van der Waals surface area contributed by atoms with Gasteiger partial charge in [-0.1, -0.05) is 13.8 Å². The zero-order chi connectivity index (χ0) is 10.1. The van der Waals surface area contributed by atoms with E-state index in [-0.39, 0.29) is 0 Å². The molecule has 0 aromatic carbocycles. The third-order valence-electron chi connectivity index (χ3n) is 2.38. The first-order valence-electron chi connectivity index (χ1n) is 5.05. The molecule has 0 unspecified atom stereocenters. The quantitative estimate of drug-likeness (QED) is 0.727. The van der Waals surface area contributed by atoms with Crippen LogP contribution in [0.5, 0.6) is 0 Å². The van der Waals surface area contributed by atoms with E-state index in [0.717, 1.165) is 17.9 Å². The topological polar surface area (TPSA) is 30.7 Å². The molecular formula is C11H15N3. The van der Waals surface area contributed by atoms with Gasteiger partial charge in [-0.25, -0.2) is 9.67 Å². The highest BCUT2D eigenvalue weighted by Crippen LogP contribution is 2.22. The summed E-state index contributed by atoms with van der Waals surface area (Å²) in [5, 5.41) is 5.75. The van der Waals surface area contributed by atoms with Crippen LogP contribution in [0.3, 0.4) is 0 Å². The maximum atomic E-state index is 4.56. The highest BCUT2D eigenvalue weighted by atomic mass is 15.3. The predicted molar refractivity (Wildman–Crippen MR) is 57.3 cm³/mol. The maximum absolute atomic E-state index is 4.56. The Bertz CT molecular complexity index is 443. The smallest absolute Gasteiger partial charge is 0.157 e. The van der Waals surface area contributed by atoms with E-state index in [1.807, 2.05) is 16.9 Å². The number of hydrogen-bond acceptors (Lipinski definition) is 2. The van der Waals surface area contributed by atoms with Crippen LogP contribution in [0.25, 0.3) is 11.0 Å². The molecule has 2 aromatic rings. The number of rotatable bonds is 2. The Labute approximate surface area is 83.8 Å². The van der Waals surface area contributed by atoms with E-state index in [4.69, 9.17) is 0 Å². The van der Waals surface area contributed by atoms with Gasteiger partial charge < -0.3 is 0 Å². The van der Waals surface area contributed by atoms with Gasteiger partial charge in [0.05, 0.1) is 5.69 Å². The minimum Gasteiger partial charge on any atom is -0.247 e. The number of nitrogens with zero attached hydrogens (tertiary/aromatic N) is 3. The Morgan fingerprint density at radius 1 is 1.43 bits per heavy atom. The molecule has 0 atom stereocenters. The van der Waals surface area contributed by atoms with E-state index in [1.165, 1.54) is 5.39 Å². The van der Waals surface area contributed by atoms with Gasteiger partial charge in [-0.2, -0.15) is 5.10 Å². The molecule has 0 aliphatic heterocycles. The number of aryl methyl sites for hydroxylation is 1. The fourth-order valence-electron chi connectivity index (χ4n) is 1.68. The number of pyridine rings is 1. The summed E-state index contributed by atoms with van der Waals surface area (Å²) in [5.74, 6) is 0.453. The van der Waals surface area contributed by atoms with Gasteiger partial charge in [0, 0.05) is 18.1 Å². The van der Waals surface area contributed by atoms with Crippen LogP contribution in [0.15, 0.2) is 18.3 Å². The summed E-state index contributed by atoms with van der Waals surface area (Å²) in [7, 11) is 0. The summed E-state index contributed by atoms with van der Waals surface area (Å²) in [6, 6.07) is 4.06. The Morgan fingerprint density at radius 2 is 2.21 bits per heavy atom. The highest BCUT2D eigenvalue weighted by molar-refractivity contribution is 5.78. The molecular weight excluding hydrogens is 174 g/mol. The van der Waals surface area contributed by atoms with E-state index in [9.17, 15) is 0 Å². The first kappa shape index (κ1) is 9.19. The molecule has 0 aliphatic carbocycles. The maximum Gasteiger partial charge on any atom is 0.157 e. The van der Waals surface area contributed by atoms with Gasteiger partial charge >= 0.3 is 0 Å². The summed E-state index contributed by atoms with van der Waals surface area (Å²) in [6.07, 6.45) is 1.82. The first-order chi connectivity index (χ1) is 6.74. The zero-order valence-corrected chi connectivity index (χ0v) is 8.86. The van der Waals surface area contributed by atoms with E-state index < -0.39 is 0 Å². The molecule has 3 heteroatoms. The van der Waals surface area contributed by atoms with Crippen molar-refractivity contribution in [3.8, 4) is 0 Å². The molecule has 0 amide bonds. The van der Waals surface area contributed by atoms with E-state index in [2.05, 4.69) is 36.9 Å². The fourth-order valence-corrected chi connectivity index (χ4v) is 1.68. The Morgan fingerprint density at radius 3 is 2.86 bits per heavy atom. The molecule has 0 saturated heterocycles. The molecule has 0 N–H and O–H groups in total. The molecule has 0 radical (unpaired) electrons. The van der Waals surface area contributed by atoms with Gasteiger partial charge in [0.15, 0.2) is 5.65 Å². The van der Waals surface area contributed by atoms with Crippen molar-refractivity contribution in [1.29, 1.82) is 0 Å². The summed E-state index contributed by atoms with van der Waals surface area (Å²) in [6.45, 7) is 7.29. The average Bonchev–Trinajstić information content (AvgIpc) is 2.56. The van der Waals surface area contributed by atoms with Gasteiger partial charge in [0.1, 0.15) is 0 Å². The second-order valence-corrected chi connectivity index (χ2v) is 3.73. The molecule has 14 heavy (non-hydrogen) atoms. The van der Waals surface area contributed by atoms with Crippen LogP contribution in [0.4, 0.5) is 0 Å². The molecule has 0 saturated carbocycles. The summed E-state index contributed by atoms with van der Waals surface area (Å²) >= 11 is 0. The molecule has 74 valence electrons. The van der Waals surface area contributed by atoms with Gasteiger partial charge in [-0.05, 0) is 25.0 Å². The minimum absolute atomic E-state index is 0.453. The molecule has 0 spiro atoms. The molecule has 2 rings (SSSR count). The van der Waals surface area contributed by atoms with Crippen molar-refractivity contribution in [1.82, 2.24) is 14.8 Å². The summed E-state index contributed by atoms with van der Waals surface area (Å²) in [4.78, 5) is 4.36. The molecule has 3 nitrogen and oxygen atoms in total. The Balaban J connectivity index is 2.73. The second-order valence-electron chi connectivity index (χ2n) is 3.73.